The van der Waals surface area contributed by atoms with Crippen molar-refractivity contribution in [2.75, 3.05) is 24.4 Å². The van der Waals surface area contributed by atoms with Gasteiger partial charge in [0.15, 0.2) is 12.0 Å². The number of aryl methyl sites for hydroxylation is 1. The highest BCUT2D eigenvalue weighted by Gasteiger charge is 2.21. The molecule has 1 unspecified atom stereocenters. The van der Waals surface area contributed by atoms with Crippen molar-refractivity contribution in [1.82, 2.24) is 9.71 Å². The zero-order valence-electron chi connectivity index (χ0n) is 23.1. The van der Waals surface area contributed by atoms with E-state index in [1.165, 1.54) is 29.7 Å². The van der Waals surface area contributed by atoms with Gasteiger partial charge in [0.2, 0.25) is 6.20 Å². The molecule has 0 bridgehead atoms. The van der Waals surface area contributed by atoms with E-state index in [9.17, 15) is 13.6 Å². The van der Waals surface area contributed by atoms with Crippen LogP contribution in [0.1, 0.15) is 47.0 Å². The molecule has 0 fully saturated rings. The van der Waals surface area contributed by atoms with Crippen LogP contribution >= 0.6 is 34.9 Å². The molecule has 3 heterocycles. The Morgan fingerprint density at radius 3 is 2.48 bits per heavy atom. The Morgan fingerprint density at radius 2 is 1.85 bits per heavy atom. The summed E-state index contributed by atoms with van der Waals surface area (Å²) >= 11 is 8.87. The molecule has 5 N–H and O–H groups in total. The van der Waals surface area contributed by atoms with Gasteiger partial charge in [-0.15, -0.1) is 11.3 Å². The van der Waals surface area contributed by atoms with E-state index < -0.39 is 17.7 Å². The first-order valence-corrected chi connectivity index (χ1v) is 14.7. The van der Waals surface area contributed by atoms with Crippen LogP contribution < -0.4 is 25.5 Å². The van der Waals surface area contributed by atoms with Gasteiger partial charge in [0.1, 0.15) is 23.4 Å². The molecule has 3 aromatic heterocycles. The normalized spacial score (nSPS) is 10.9. The molecule has 0 spiro atoms. The minimum atomic E-state index is -0.593. The number of nitrogens with two attached hydrogens (primary N) is 1. The third kappa shape index (κ3) is 9.44. The topological polar surface area (TPSA) is 103 Å². The van der Waals surface area contributed by atoms with Crippen LogP contribution in [-0.4, -0.2) is 24.2 Å². The highest BCUT2D eigenvalue weighted by atomic mass is 35.5. The molecule has 1 amide bonds. The maximum atomic E-state index is 14.0. The van der Waals surface area contributed by atoms with Crippen LogP contribution in [0.3, 0.4) is 0 Å². The molecule has 4 aromatic rings. The second-order valence-electron chi connectivity index (χ2n) is 7.96. The smallest absolute Gasteiger partial charge is 0.265 e. The Kier molecular flexibility index (Phi) is 13.3. The van der Waals surface area contributed by atoms with Gasteiger partial charge >= 0.3 is 0 Å². The van der Waals surface area contributed by atoms with E-state index >= 15 is 0 Å². The van der Waals surface area contributed by atoms with Gasteiger partial charge in [-0.3, -0.25) is 9.52 Å². The Labute approximate surface area is 246 Å². The number of carbonyl (C=O) groups is 1. The number of nitrogens with zero attached hydrogens (tertiary/aromatic N) is 1. The summed E-state index contributed by atoms with van der Waals surface area (Å²) in [5, 5.41) is 3.17. The molecule has 214 valence electrons. The van der Waals surface area contributed by atoms with E-state index in [4.69, 9.17) is 22.1 Å². The summed E-state index contributed by atoms with van der Waals surface area (Å²) in [6, 6.07) is 8.98. The van der Waals surface area contributed by atoms with E-state index in [0.29, 0.717) is 38.1 Å². The Balaban J connectivity index is 0.000000858. The number of carbonyl (C=O) groups excluding carboxylic acids is 1. The predicted octanol–water partition coefficient (Wildman–Crippen LogP) is 7.35. The van der Waals surface area contributed by atoms with Gasteiger partial charge in [-0.2, -0.15) is 0 Å². The van der Waals surface area contributed by atoms with Crippen molar-refractivity contribution in [3.8, 4) is 17.0 Å². The maximum Gasteiger partial charge on any atom is 0.265 e. The first-order valence-electron chi connectivity index (χ1n) is 12.3. The molecule has 0 aliphatic carbocycles. The van der Waals surface area contributed by atoms with Crippen molar-refractivity contribution in [2.45, 2.75) is 33.8 Å². The van der Waals surface area contributed by atoms with E-state index in [-0.39, 0.29) is 11.7 Å². The van der Waals surface area contributed by atoms with E-state index in [2.05, 4.69) is 20.0 Å². The van der Waals surface area contributed by atoms with Gasteiger partial charge in [0.25, 0.3) is 5.91 Å². The van der Waals surface area contributed by atoms with Crippen molar-refractivity contribution in [3.63, 3.8) is 0 Å². The van der Waals surface area contributed by atoms with Gasteiger partial charge < -0.3 is 15.8 Å². The molecule has 0 aliphatic rings. The third-order valence-electron chi connectivity index (χ3n) is 5.15. The summed E-state index contributed by atoms with van der Waals surface area (Å²) in [7, 11) is 1.89. The average molecular weight is 609 g/mol. The quantitative estimate of drug-likeness (QED) is 0.150. The summed E-state index contributed by atoms with van der Waals surface area (Å²) in [6.45, 7) is 7.54. The van der Waals surface area contributed by atoms with E-state index in [1.54, 1.807) is 49.3 Å². The molecule has 4 rings (SSSR count). The maximum absolute atomic E-state index is 14.0. The number of hydrogen-bond acceptors (Lipinski definition) is 7. The summed E-state index contributed by atoms with van der Waals surface area (Å²) in [4.78, 5) is 20.9. The second-order valence-corrected chi connectivity index (χ2v) is 10.5. The highest BCUT2D eigenvalue weighted by Crippen LogP contribution is 2.37. The van der Waals surface area contributed by atoms with Crippen LogP contribution in [0.4, 0.5) is 20.2 Å². The van der Waals surface area contributed by atoms with Gasteiger partial charge in [0.05, 0.1) is 16.6 Å². The van der Waals surface area contributed by atoms with Crippen LogP contribution in [-0.2, 0) is 0 Å². The Hall–Kier alpha value is -3.25. The lowest BCUT2D eigenvalue weighted by atomic mass is 10.1. The van der Waals surface area contributed by atoms with E-state index in [1.807, 2.05) is 34.1 Å². The summed E-state index contributed by atoms with van der Waals surface area (Å²) in [5.41, 5.74) is 8.21. The summed E-state index contributed by atoms with van der Waals surface area (Å²) in [5.74, 6) is -1.21. The minimum Gasteiger partial charge on any atom is -0.483 e. The number of hydrogen-bond donors (Lipinski definition) is 3. The first kappa shape index (κ1) is 33.0. The van der Waals surface area contributed by atoms with E-state index in [0.717, 1.165) is 11.1 Å². The number of aromatic nitrogens is 2. The molecule has 12 heteroatoms. The van der Waals surface area contributed by atoms with Crippen molar-refractivity contribution in [3.05, 3.63) is 87.0 Å². The predicted molar refractivity (Wildman–Crippen MR) is 162 cm³/mol. The zero-order valence-corrected chi connectivity index (χ0v) is 25.5. The van der Waals surface area contributed by atoms with Crippen molar-refractivity contribution in [2.24, 2.45) is 0 Å². The van der Waals surface area contributed by atoms with Gasteiger partial charge in [0, 0.05) is 32.9 Å². The SMILES string of the molecule is CC.CNSC.Cc1sc(C(=O)Nc2cc(N)cc(Cl)c2)cc1-c1ncc(F)cc1OC(C)c1c[nH+]cc(F)c1. The minimum absolute atomic E-state index is 0.173. The number of amides is 1. The van der Waals surface area contributed by atoms with Gasteiger partial charge in [-0.25, -0.2) is 18.7 Å². The van der Waals surface area contributed by atoms with Crippen molar-refractivity contribution in [1.29, 1.82) is 0 Å². The van der Waals surface area contributed by atoms with Crippen molar-refractivity contribution < 1.29 is 23.3 Å². The Morgan fingerprint density at radius 1 is 1.15 bits per heavy atom. The molecule has 0 radical (unpaired) electrons. The van der Waals surface area contributed by atoms with Crippen LogP contribution in [0.15, 0.2) is 55.0 Å². The second kappa shape index (κ2) is 16.1. The summed E-state index contributed by atoms with van der Waals surface area (Å²) in [6.07, 6.45) is 5.28. The van der Waals surface area contributed by atoms with Crippen molar-refractivity contribution >= 4 is 52.2 Å². The molecule has 1 atom stereocenters. The number of nitrogen functional groups attached to an aromatic ring is 1. The van der Waals surface area contributed by atoms with Crippen LogP contribution in [0.2, 0.25) is 5.02 Å². The molecular formula is C28H33ClF2N5O2S2+. The monoisotopic (exact) mass is 608 g/mol. The number of thiophene rings is 1. The lowest BCUT2D eigenvalue weighted by Crippen LogP contribution is -2.11. The zero-order chi connectivity index (χ0) is 29.8. The number of benzene rings is 1. The standard InChI is InChI=1S/C24H19ClF2N4O2S.C2H7NS.C2H6/c1-12(14-3-16(26)10-29-9-14)33-21-6-17(27)11-30-23(21)20-8-22(34-13(20)2)24(32)31-19-5-15(25)4-18(28)7-19;1-3-4-2;1-2/h3-12H,28H2,1-2H3,(H,31,32);3H,1-2H3;1-2H3/p+1. The molecule has 7 nitrogen and oxygen atoms in total. The number of ether oxygens (including phenoxy) is 1. The number of halogens is 3. The third-order valence-corrected chi connectivity index (χ3v) is 6.82. The van der Waals surface area contributed by atoms with Gasteiger partial charge in [-0.1, -0.05) is 37.4 Å². The molecule has 0 aliphatic heterocycles. The number of nitrogens with one attached hydrogen (secondary N) is 3. The van der Waals surface area contributed by atoms with Crippen LogP contribution in [0.25, 0.3) is 11.3 Å². The number of anilines is 2. The lowest BCUT2D eigenvalue weighted by Gasteiger charge is -2.16. The van der Waals surface area contributed by atoms with Gasteiger partial charge in [-0.05, 0) is 57.5 Å². The molecule has 1 aromatic carbocycles. The van der Waals surface area contributed by atoms with Crippen LogP contribution in [0.5, 0.6) is 5.75 Å². The number of H-pyrrole nitrogens is 1. The Bertz CT molecular complexity index is 1400. The molecule has 0 saturated heterocycles. The average Bonchev–Trinajstić information content (AvgIpc) is 3.31. The molecule has 0 saturated carbocycles. The summed E-state index contributed by atoms with van der Waals surface area (Å²) < 4.78 is 36.4. The fourth-order valence-corrected chi connectivity index (χ4v) is 4.53. The van der Waals surface area contributed by atoms with Crippen LogP contribution in [0, 0.1) is 18.6 Å². The fraction of sp³-hybridized carbons (Fsp3) is 0.250. The lowest BCUT2D eigenvalue weighted by molar-refractivity contribution is -0.382. The largest absolute Gasteiger partial charge is 0.483 e. The first-order chi connectivity index (χ1) is 19.1. The highest BCUT2D eigenvalue weighted by molar-refractivity contribution is 7.96. The number of aromatic amines is 1. The molecular weight excluding hydrogens is 576 g/mol. The molecule has 40 heavy (non-hydrogen) atoms. The fourth-order valence-electron chi connectivity index (χ4n) is 3.37. The number of rotatable bonds is 7. The number of pyridine rings is 2.